The van der Waals surface area contributed by atoms with E-state index in [9.17, 15) is 9.90 Å². The molecule has 3 aromatic rings. The van der Waals surface area contributed by atoms with Gasteiger partial charge in [-0.3, -0.25) is 0 Å². The number of carboxylic acid groups (broad SMARTS) is 1. The number of rotatable bonds is 2. The van der Waals surface area contributed by atoms with Gasteiger partial charge in [0.05, 0.1) is 21.6 Å². The normalized spacial score (nSPS) is 11.1. The molecular weight excluding hydrogens is 264 g/mol. The van der Waals surface area contributed by atoms with Crippen LogP contribution in [-0.2, 0) is 0 Å². The zero-order chi connectivity index (χ0) is 13.6. The molecule has 3 rings (SSSR count). The molecule has 0 aliphatic heterocycles. The monoisotopic (exact) mass is 274 g/mol. The first kappa shape index (κ1) is 11.8. The van der Waals surface area contributed by atoms with Crippen molar-refractivity contribution in [1.29, 1.82) is 0 Å². The molecule has 19 heavy (non-hydrogen) atoms. The molecule has 6 nitrogen and oxygen atoms in total. The van der Waals surface area contributed by atoms with Crippen molar-refractivity contribution >= 4 is 27.5 Å². The van der Waals surface area contributed by atoms with E-state index in [1.807, 2.05) is 11.4 Å². The van der Waals surface area contributed by atoms with Gasteiger partial charge in [-0.15, -0.1) is 11.3 Å². The molecule has 0 bridgehead atoms. The van der Waals surface area contributed by atoms with Crippen LogP contribution in [0.4, 0.5) is 0 Å². The number of carbonyl (C=O) groups is 1. The summed E-state index contributed by atoms with van der Waals surface area (Å²) in [7, 11) is 0. The number of hydrogen-bond donors (Lipinski definition) is 1. The molecule has 0 atom stereocenters. The third-order valence-corrected chi connectivity index (χ3v) is 3.83. The molecule has 0 aromatic carbocycles. The predicted octanol–water partition coefficient (Wildman–Crippen LogP) is 2.19. The van der Waals surface area contributed by atoms with Crippen molar-refractivity contribution in [3.05, 3.63) is 34.7 Å². The van der Waals surface area contributed by atoms with Gasteiger partial charge in [0.1, 0.15) is 11.9 Å². The Bertz CT molecular complexity index is 790. The number of aromatic carboxylic acids is 1. The lowest BCUT2D eigenvalue weighted by atomic mass is 10.2. The number of thiophene rings is 1. The van der Waals surface area contributed by atoms with Gasteiger partial charge in [0.15, 0.2) is 5.82 Å². The molecular formula is C12H10N4O2S. The van der Waals surface area contributed by atoms with Crippen LogP contribution in [0.3, 0.4) is 0 Å². The largest absolute Gasteiger partial charge is 0.478 e. The van der Waals surface area contributed by atoms with Crippen molar-refractivity contribution in [3.63, 3.8) is 0 Å². The Kier molecular flexibility index (Phi) is 2.56. The number of fused-ring (bicyclic) bond motifs is 1. The summed E-state index contributed by atoms with van der Waals surface area (Å²) >= 11 is 1.51. The molecule has 7 heteroatoms. The Labute approximate surface area is 112 Å². The molecule has 0 amide bonds. The second-order valence-corrected chi connectivity index (χ2v) is 5.01. The third kappa shape index (κ3) is 1.70. The lowest BCUT2D eigenvalue weighted by Gasteiger charge is -2.04. The van der Waals surface area contributed by atoms with Crippen molar-refractivity contribution in [2.24, 2.45) is 0 Å². The summed E-state index contributed by atoms with van der Waals surface area (Å²) in [4.78, 5) is 19.6. The zero-order valence-corrected chi connectivity index (χ0v) is 11.1. The summed E-state index contributed by atoms with van der Waals surface area (Å²) in [5, 5.41) is 15.4. The van der Waals surface area contributed by atoms with Gasteiger partial charge in [-0.05, 0) is 25.3 Å². The van der Waals surface area contributed by atoms with Crippen LogP contribution in [0, 0.1) is 13.8 Å². The highest BCUT2D eigenvalue weighted by Gasteiger charge is 2.20. The second kappa shape index (κ2) is 4.13. The van der Waals surface area contributed by atoms with E-state index in [1.165, 1.54) is 17.7 Å². The number of aromatic nitrogens is 4. The van der Waals surface area contributed by atoms with Crippen LogP contribution < -0.4 is 0 Å². The molecule has 1 N–H and O–H groups in total. The van der Waals surface area contributed by atoms with Crippen molar-refractivity contribution in [2.45, 2.75) is 13.8 Å². The Balaban J connectivity index is 2.31. The van der Waals surface area contributed by atoms with Crippen molar-refractivity contribution in [1.82, 2.24) is 19.7 Å². The lowest BCUT2D eigenvalue weighted by molar-refractivity contribution is 0.0695. The fraction of sp³-hybridized carbons (Fsp3) is 0.167. The first-order chi connectivity index (χ1) is 9.09. The summed E-state index contributed by atoms with van der Waals surface area (Å²) in [5.41, 5.74) is 2.11. The standard InChI is InChI=1S/C12H10N4O2S/c1-6-9(12(17)18)7(2)16(15-6)11-10-8(3-4-19-10)13-5-14-11/h3-5H,1-2H3,(H,17,18). The molecule has 0 aliphatic rings. The summed E-state index contributed by atoms with van der Waals surface area (Å²) in [5.74, 6) is -0.356. The molecule has 3 heterocycles. The number of hydrogen-bond acceptors (Lipinski definition) is 5. The van der Waals surface area contributed by atoms with Gasteiger partial charge >= 0.3 is 5.97 Å². The van der Waals surface area contributed by atoms with Gasteiger partial charge in [-0.2, -0.15) is 5.10 Å². The van der Waals surface area contributed by atoms with E-state index in [-0.39, 0.29) is 5.56 Å². The first-order valence-corrected chi connectivity index (χ1v) is 6.45. The van der Waals surface area contributed by atoms with Gasteiger partial charge < -0.3 is 5.11 Å². The van der Waals surface area contributed by atoms with E-state index in [4.69, 9.17) is 0 Å². The van der Waals surface area contributed by atoms with Gasteiger partial charge in [-0.25, -0.2) is 19.4 Å². The summed E-state index contributed by atoms with van der Waals surface area (Å²) < 4.78 is 2.46. The molecule has 0 saturated carbocycles. The van der Waals surface area contributed by atoms with E-state index in [0.29, 0.717) is 17.2 Å². The topological polar surface area (TPSA) is 80.9 Å². The van der Waals surface area contributed by atoms with Crippen LogP contribution in [0.5, 0.6) is 0 Å². The summed E-state index contributed by atoms with van der Waals surface area (Å²) in [6.45, 7) is 3.41. The molecule has 96 valence electrons. The fourth-order valence-electron chi connectivity index (χ4n) is 2.09. The van der Waals surface area contributed by atoms with Gasteiger partial charge in [-0.1, -0.05) is 0 Å². The van der Waals surface area contributed by atoms with Crippen LogP contribution in [0.15, 0.2) is 17.8 Å². The smallest absolute Gasteiger partial charge is 0.339 e. The summed E-state index contributed by atoms with van der Waals surface area (Å²) in [6, 6.07) is 1.90. The molecule has 0 aliphatic carbocycles. The molecule has 0 saturated heterocycles. The minimum Gasteiger partial charge on any atom is -0.478 e. The van der Waals surface area contributed by atoms with Gasteiger partial charge in [0.2, 0.25) is 0 Å². The Morgan fingerprint density at radius 2 is 2.16 bits per heavy atom. The SMILES string of the molecule is Cc1nn(-c2ncnc3ccsc23)c(C)c1C(=O)O. The number of nitrogens with zero attached hydrogens (tertiary/aromatic N) is 4. The van der Waals surface area contributed by atoms with Crippen molar-refractivity contribution < 1.29 is 9.90 Å². The van der Waals surface area contributed by atoms with Gasteiger partial charge in [0.25, 0.3) is 0 Å². The Morgan fingerprint density at radius 3 is 2.84 bits per heavy atom. The lowest BCUT2D eigenvalue weighted by Crippen LogP contribution is -2.04. The van der Waals surface area contributed by atoms with E-state index in [1.54, 1.807) is 18.5 Å². The maximum absolute atomic E-state index is 11.2. The van der Waals surface area contributed by atoms with Crippen LogP contribution in [0.1, 0.15) is 21.7 Å². The minimum atomic E-state index is -0.974. The van der Waals surface area contributed by atoms with E-state index >= 15 is 0 Å². The molecule has 0 unspecified atom stereocenters. The van der Waals surface area contributed by atoms with Crippen LogP contribution in [0.25, 0.3) is 16.0 Å². The molecule has 0 fully saturated rings. The van der Waals surface area contributed by atoms with E-state index in [2.05, 4.69) is 15.1 Å². The first-order valence-electron chi connectivity index (χ1n) is 5.57. The predicted molar refractivity (Wildman–Crippen MR) is 71.0 cm³/mol. The average molecular weight is 274 g/mol. The average Bonchev–Trinajstić information content (AvgIpc) is 2.93. The van der Waals surface area contributed by atoms with E-state index in [0.717, 1.165) is 10.2 Å². The fourth-order valence-corrected chi connectivity index (χ4v) is 2.90. The van der Waals surface area contributed by atoms with Crippen LogP contribution in [-0.4, -0.2) is 30.8 Å². The second-order valence-electron chi connectivity index (χ2n) is 4.10. The zero-order valence-electron chi connectivity index (χ0n) is 10.3. The van der Waals surface area contributed by atoms with E-state index < -0.39 is 5.97 Å². The van der Waals surface area contributed by atoms with Gasteiger partial charge in [0, 0.05) is 0 Å². The third-order valence-electron chi connectivity index (χ3n) is 2.93. The Hall–Kier alpha value is -2.28. The van der Waals surface area contributed by atoms with Crippen molar-refractivity contribution in [2.75, 3.05) is 0 Å². The quantitative estimate of drug-likeness (QED) is 0.774. The highest BCUT2D eigenvalue weighted by molar-refractivity contribution is 7.17. The molecule has 3 aromatic heterocycles. The minimum absolute atomic E-state index is 0.225. The van der Waals surface area contributed by atoms with Crippen LogP contribution >= 0.6 is 11.3 Å². The Morgan fingerprint density at radius 1 is 1.37 bits per heavy atom. The highest BCUT2D eigenvalue weighted by atomic mass is 32.1. The molecule has 0 radical (unpaired) electrons. The van der Waals surface area contributed by atoms with Crippen molar-refractivity contribution in [3.8, 4) is 5.82 Å². The number of aryl methyl sites for hydroxylation is 1. The molecule has 0 spiro atoms. The summed E-state index contributed by atoms with van der Waals surface area (Å²) in [6.07, 6.45) is 1.46. The maximum atomic E-state index is 11.2. The maximum Gasteiger partial charge on any atom is 0.339 e. The highest BCUT2D eigenvalue weighted by Crippen LogP contribution is 2.26. The van der Waals surface area contributed by atoms with Crippen LogP contribution in [0.2, 0.25) is 0 Å². The number of carboxylic acids is 1.